The number of ether oxygens (including phenoxy) is 2. The third-order valence-corrected chi connectivity index (χ3v) is 8.33. The molecule has 1 saturated carbocycles. The third-order valence-electron chi connectivity index (χ3n) is 8.33. The Morgan fingerprint density at radius 2 is 1.79 bits per heavy atom. The Labute approximate surface area is 229 Å². The van der Waals surface area contributed by atoms with E-state index < -0.39 is 11.6 Å². The summed E-state index contributed by atoms with van der Waals surface area (Å²) in [5.41, 5.74) is 3.41. The molecule has 2 aromatic heterocycles. The molecular formula is C30H37N5O4. The van der Waals surface area contributed by atoms with E-state index in [9.17, 15) is 9.59 Å². The van der Waals surface area contributed by atoms with Crippen molar-refractivity contribution in [2.75, 3.05) is 31.6 Å². The summed E-state index contributed by atoms with van der Waals surface area (Å²) in [6.45, 7) is 7.99. The van der Waals surface area contributed by atoms with E-state index in [1.54, 1.807) is 0 Å². The monoisotopic (exact) mass is 531 g/mol. The van der Waals surface area contributed by atoms with Crippen LogP contribution in [0.4, 0.5) is 10.5 Å². The lowest BCUT2D eigenvalue weighted by atomic mass is 9.81. The Kier molecular flexibility index (Phi) is 6.47. The smallest absolute Gasteiger partial charge is 0.410 e. The summed E-state index contributed by atoms with van der Waals surface area (Å²) < 4.78 is 12.7. The van der Waals surface area contributed by atoms with Gasteiger partial charge in [-0.25, -0.2) is 19.3 Å². The molecule has 1 amide bonds. The van der Waals surface area contributed by atoms with E-state index in [4.69, 9.17) is 19.6 Å². The van der Waals surface area contributed by atoms with E-state index in [-0.39, 0.29) is 17.8 Å². The van der Waals surface area contributed by atoms with Crippen LogP contribution in [0.25, 0.3) is 16.7 Å². The zero-order chi connectivity index (χ0) is 27.3. The van der Waals surface area contributed by atoms with Crippen molar-refractivity contribution >= 4 is 28.8 Å². The van der Waals surface area contributed by atoms with Gasteiger partial charge in [0.15, 0.2) is 11.3 Å². The van der Waals surface area contributed by atoms with Crippen LogP contribution in [0.3, 0.4) is 0 Å². The molecule has 3 fully saturated rings. The Morgan fingerprint density at radius 1 is 1.03 bits per heavy atom. The zero-order valence-corrected chi connectivity index (χ0v) is 23.2. The molecule has 0 radical (unpaired) electrons. The molecule has 39 heavy (non-hydrogen) atoms. The highest BCUT2D eigenvalue weighted by atomic mass is 16.6. The SMILES string of the molecule is COC(=O)c1cc(N2CCC3C(CCN3C(=O)OC(C)(C)C)C2)c2c(C3CCC3)nn(-c3ccccc3)c2n1. The third kappa shape index (κ3) is 4.72. The zero-order valence-electron chi connectivity index (χ0n) is 23.2. The van der Waals surface area contributed by atoms with Gasteiger partial charge >= 0.3 is 12.1 Å². The molecular weight excluding hydrogens is 494 g/mol. The summed E-state index contributed by atoms with van der Waals surface area (Å²) in [6.07, 6.45) is 4.95. The number of carbonyl (C=O) groups excluding carboxylic acids is 2. The maximum atomic E-state index is 12.9. The van der Waals surface area contributed by atoms with Gasteiger partial charge in [-0.1, -0.05) is 24.6 Å². The van der Waals surface area contributed by atoms with E-state index >= 15 is 0 Å². The van der Waals surface area contributed by atoms with Gasteiger partial charge in [-0.15, -0.1) is 0 Å². The summed E-state index contributed by atoms with van der Waals surface area (Å²) in [4.78, 5) is 34.8. The maximum Gasteiger partial charge on any atom is 0.410 e. The molecule has 3 aromatic rings. The number of fused-ring (bicyclic) bond motifs is 2. The number of likely N-dealkylation sites (tertiary alicyclic amines) is 1. The number of amides is 1. The molecule has 9 nitrogen and oxygen atoms in total. The van der Waals surface area contributed by atoms with Crippen molar-refractivity contribution < 1.29 is 19.1 Å². The highest BCUT2D eigenvalue weighted by molar-refractivity contribution is 5.99. The fourth-order valence-corrected chi connectivity index (χ4v) is 6.25. The van der Waals surface area contributed by atoms with Gasteiger partial charge in [-0.05, 0) is 70.6 Å². The molecule has 2 atom stereocenters. The molecule has 2 saturated heterocycles. The van der Waals surface area contributed by atoms with Gasteiger partial charge in [0.05, 0.1) is 29.6 Å². The molecule has 0 bridgehead atoms. The van der Waals surface area contributed by atoms with Crippen molar-refractivity contribution in [3.63, 3.8) is 0 Å². The highest BCUT2D eigenvalue weighted by Gasteiger charge is 2.43. The predicted octanol–water partition coefficient (Wildman–Crippen LogP) is 5.31. The van der Waals surface area contributed by atoms with Gasteiger partial charge in [0, 0.05) is 31.6 Å². The van der Waals surface area contributed by atoms with Crippen LogP contribution in [0.1, 0.15) is 75.0 Å². The summed E-state index contributed by atoms with van der Waals surface area (Å²) in [5.74, 6) is 0.247. The molecule has 4 heterocycles. The van der Waals surface area contributed by atoms with Crippen LogP contribution in [0, 0.1) is 5.92 Å². The number of carbonyl (C=O) groups is 2. The van der Waals surface area contributed by atoms with Gasteiger partial charge in [0.2, 0.25) is 0 Å². The lowest BCUT2D eigenvalue weighted by Crippen LogP contribution is -2.48. The first-order chi connectivity index (χ1) is 18.7. The van der Waals surface area contributed by atoms with Gasteiger partial charge < -0.3 is 19.3 Å². The molecule has 206 valence electrons. The number of methoxy groups -OCH3 is 1. The summed E-state index contributed by atoms with van der Waals surface area (Å²) >= 11 is 0. The van der Waals surface area contributed by atoms with Crippen molar-refractivity contribution in [1.82, 2.24) is 19.7 Å². The van der Waals surface area contributed by atoms with Crippen molar-refractivity contribution in [3.8, 4) is 5.69 Å². The topological polar surface area (TPSA) is 89.8 Å². The number of nitrogens with zero attached hydrogens (tertiary/aromatic N) is 5. The number of hydrogen-bond acceptors (Lipinski definition) is 7. The number of pyridine rings is 1. The Hall–Kier alpha value is -3.62. The van der Waals surface area contributed by atoms with Crippen LogP contribution in [0.2, 0.25) is 0 Å². The number of rotatable bonds is 4. The Bertz CT molecular complexity index is 1390. The minimum absolute atomic E-state index is 0.159. The lowest BCUT2D eigenvalue weighted by molar-refractivity contribution is 0.0194. The van der Waals surface area contributed by atoms with Crippen molar-refractivity contribution in [2.24, 2.45) is 5.92 Å². The summed E-state index contributed by atoms with van der Waals surface area (Å²) in [7, 11) is 1.39. The summed E-state index contributed by atoms with van der Waals surface area (Å²) in [5, 5.41) is 6.13. The minimum Gasteiger partial charge on any atom is -0.464 e. The quantitative estimate of drug-likeness (QED) is 0.422. The van der Waals surface area contributed by atoms with E-state index in [1.165, 1.54) is 13.5 Å². The van der Waals surface area contributed by atoms with E-state index in [0.29, 0.717) is 24.0 Å². The van der Waals surface area contributed by atoms with E-state index in [2.05, 4.69) is 4.90 Å². The van der Waals surface area contributed by atoms with Crippen LogP contribution >= 0.6 is 0 Å². The second-order valence-corrected chi connectivity index (χ2v) is 12.0. The van der Waals surface area contributed by atoms with E-state index in [1.807, 2.05) is 66.8 Å². The highest BCUT2D eigenvalue weighted by Crippen LogP contribution is 2.44. The molecule has 6 rings (SSSR count). The van der Waals surface area contributed by atoms with Crippen LogP contribution in [-0.4, -0.2) is 70.1 Å². The molecule has 9 heteroatoms. The standard InChI is InChI=1S/C30H37N5O4/c1-30(2,3)39-29(37)34-16-13-20-18-33(15-14-23(20)34)24-17-22(28(36)38-4)31-27-25(24)26(19-9-8-10-19)32-35(27)21-11-6-5-7-12-21/h5-7,11-12,17,19-20,23H,8-10,13-16,18H2,1-4H3. The van der Waals surface area contributed by atoms with Gasteiger partial charge in [0.25, 0.3) is 0 Å². The van der Waals surface area contributed by atoms with Crippen LogP contribution in [-0.2, 0) is 9.47 Å². The maximum absolute atomic E-state index is 12.9. The largest absolute Gasteiger partial charge is 0.464 e. The number of hydrogen-bond donors (Lipinski definition) is 0. The van der Waals surface area contributed by atoms with Crippen LogP contribution < -0.4 is 4.90 Å². The molecule has 3 aliphatic rings. The number of esters is 1. The predicted molar refractivity (Wildman–Crippen MR) is 148 cm³/mol. The Balaban J connectivity index is 1.40. The second kappa shape index (κ2) is 9.84. The summed E-state index contributed by atoms with van der Waals surface area (Å²) in [6, 6.07) is 12.0. The fraction of sp³-hybridized carbons (Fsp3) is 0.533. The van der Waals surface area contributed by atoms with Gasteiger partial charge in [0.1, 0.15) is 5.60 Å². The molecule has 1 aromatic carbocycles. The van der Waals surface area contributed by atoms with Crippen molar-refractivity contribution in [1.29, 1.82) is 0 Å². The molecule has 2 unspecified atom stereocenters. The first kappa shape index (κ1) is 25.6. The number of anilines is 1. The Morgan fingerprint density at radius 3 is 2.46 bits per heavy atom. The molecule has 2 aliphatic heterocycles. The molecule has 0 spiro atoms. The molecule has 1 aliphatic carbocycles. The average molecular weight is 532 g/mol. The van der Waals surface area contributed by atoms with E-state index in [0.717, 1.165) is 61.2 Å². The first-order valence-corrected chi connectivity index (χ1v) is 14.1. The fourth-order valence-electron chi connectivity index (χ4n) is 6.25. The number of benzene rings is 1. The lowest BCUT2D eigenvalue weighted by Gasteiger charge is -2.39. The van der Waals surface area contributed by atoms with Gasteiger partial charge in [-0.3, -0.25) is 0 Å². The van der Waals surface area contributed by atoms with Crippen molar-refractivity contribution in [3.05, 3.63) is 47.8 Å². The normalized spacial score (nSPS) is 21.5. The molecule has 0 N–H and O–H groups in total. The number of aromatic nitrogens is 3. The minimum atomic E-state index is -0.514. The number of para-hydroxylation sites is 1. The average Bonchev–Trinajstić information content (AvgIpc) is 3.48. The first-order valence-electron chi connectivity index (χ1n) is 14.1. The van der Waals surface area contributed by atoms with Crippen molar-refractivity contribution in [2.45, 2.75) is 70.4 Å². The second-order valence-electron chi connectivity index (χ2n) is 12.0. The van der Waals surface area contributed by atoms with Crippen LogP contribution in [0.15, 0.2) is 36.4 Å². The van der Waals surface area contributed by atoms with Gasteiger partial charge in [-0.2, -0.15) is 5.10 Å². The van der Waals surface area contributed by atoms with Crippen LogP contribution in [0.5, 0.6) is 0 Å². The number of piperidine rings is 1.